The zero-order chi connectivity index (χ0) is 47.7. The summed E-state index contributed by atoms with van der Waals surface area (Å²) in [4.78, 5) is 24.5. The molecule has 0 rings (SSSR count). The van der Waals surface area contributed by atoms with Crippen LogP contribution in [0.5, 0.6) is 0 Å². The van der Waals surface area contributed by atoms with Gasteiger partial charge in [0.15, 0.2) is 6.10 Å². The van der Waals surface area contributed by atoms with E-state index in [1.165, 1.54) is 186 Å². The number of rotatable bonds is 52. The minimum Gasteiger partial charge on any atom is -0.462 e. The van der Waals surface area contributed by atoms with E-state index in [2.05, 4.69) is 86.8 Å². The molecule has 5 heteroatoms. The molecular formula is C61H108O5. The largest absolute Gasteiger partial charge is 0.462 e. The van der Waals surface area contributed by atoms with Gasteiger partial charge in [-0.2, -0.15) is 0 Å². The fraction of sp³-hybridized carbons (Fsp3) is 0.770. The van der Waals surface area contributed by atoms with E-state index >= 15 is 0 Å². The van der Waals surface area contributed by atoms with Gasteiger partial charge in [0, 0.05) is 12.8 Å². The lowest BCUT2D eigenvalue weighted by Gasteiger charge is -2.15. The van der Waals surface area contributed by atoms with E-state index in [0.29, 0.717) is 12.8 Å². The topological polar surface area (TPSA) is 72.8 Å². The van der Waals surface area contributed by atoms with Crippen molar-refractivity contribution in [3.63, 3.8) is 0 Å². The van der Waals surface area contributed by atoms with Crippen molar-refractivity contribution >= 4 is 11.9 Å². The van der Waals surface area contributed by atoms with Crippen LogP contribution >= 0.6 is 0 Å². The number of allylic oxidation sites excluding steroid dienone is 12. The van der Waals surface area contributed by atoms with Crippen molar-refractivity contribution in [3.8, 4) is 0 Å². The molecule has 0 spiro atoms. The lowest BCUT2D eigenvalue weighted by Crippen LogP contribution is -2.28. The van der Waals surface area contributed by atoms with E-state index < -0.39 is 6.10 Å². The van der Waals surface area contributed by atoms with E-state index in [9.17, 15) is 14.7 Å². The summed E-state index contributed by atoms with van der Waals surface area (Å²) in [5, 5.41) is 9.65. The maximum atomic E-state index is 12.3. The third-order valence-electron chi connectivity index (χ3n) is 12.5. The number of aliphatic hydroxyl groups is 1. The molecule has 382 valence electrons. The van der Waals surface area contributed by atoms with Crippen LogP contribution in [0.3, 0.4) is 0 Å². The second-order valence-corrected chi connectivity index (χ2v) is 19.0. The lowest BCUT2D eigenvalue weighted by atomic mass is 10.0. The number of carbonyl (C=O) groups excluding carboxylic acids is 2. The zero-order valence-electron chi connectivity index (χ0n) is 43.7. The number of hydrogen-bond acceptors (Lipinski definition) is 5. The van der Waals surface area contributed by atoms with Gasteiger partial charge < -0.3 is 14.6 Å². The quantitative estimate of drug-likeness (QED) is 0.0374. The number of carbonyl (C=O) groups is 2. The summed E-state index contributed by atoms with van der Waals surface area (Å²) < 4.78 is 10.7. The fourth-order valence-corrected chi connectivity index (χ4v) is 8.23. The molecule has 0 saturated heterocycles. The monoisotopic (exact) mass is 921 g/mol. The molecule has 0 aromatic heterocycles. The third-order valence-corrected chi connectivity index (χ3v) is 12.5. The van der Waals surface area contributed by atoms with Gasteiger partial charge in [-0.1, -0.05) is 260 Å². The average Bonchev–Trinajstić information content (AvgIpc) is 3.32. The standard InChI is InChI=1S/C61H108O5/c1-3-5-7-9-11-13-15-17-19-21-23-24-25-26-27-28-29-30-31-32-33-34-35-36-38-40-42-44-46-48-50-52-54-56-61(64)66-59(57-62)58-65-60(63)55-53-51-49-47-45-43-41-39-37-22-20-18-16-14-12-10-8-6-4-2/h5,7,11,13,17-20,23-24,26-27,59,62H,3-4,6,8-10,12,14-16,21-22,25,28-58H2,1-2H3/b7-5-,13-11-,19-17-,20-18-,24-23-,27-26-. The number of unbranched alkanes of at least 4 members (excludes halogenated alkanes) is 32. The third kappa shape index (κ3) is 54.0. The van der Waals surface area contributed by atoms with Gasteiger partial charge in [-0.15, -0.1) is 0 Å². The Morgan fingerprint density at radius 1 is 0.364 bits per heavy atom. The minimum atomic E-state index is -0.774. The van der Waals surface area contributed by atoms with Crippen molar-refractivity contribution < 1.29 is 24.2 Å². The van der Waals surface area contributed by atoms with Gasteiger partial charge in [-0.3, -0.25) is 9.59 Å². The summed E-state index contributed by atoms with van der Waals surface area (Å²) in [6, 6.07) is 0. The van der Waals surface area contributed by atoms with Crippen molar-refractivity contribution in [2.24, 2.45) is 0 Å². The highest BCUT2D eigenvalue weighted by molar-refractivity contribution is 5.70. The minimum absolute atomic E-state index is 0.0656. The van der Waals surface area contributed by atoms with Crippen LogP contribution in [0.25, 0.3) is 0 Å². The number of aliphatic hydroxyl groups excluding tert-OH is 1. The summed E-state index contributed by atoms with van der Waals surface area (Å²) in [6.07, 6.45) is 77.3. The summed E-state index contributed by atoms with van der Waals surface area (Å²) in [6.45, 7) is 4.05. The summed E-state index contributed by atoms with van der Waals surface area (Å²) >= 11 is 0. The molecule has 0 saturated carbocycles. The molecule has 66 heavy (non-hydrogen) atoms. The zero-order valence-corrected chi connectivity index (χ0v) is 43.7. The van der Waals surface area contributed by atoms with Crippen molar-refractivity contribution in [2.75, 3.05) is 13.2 Å². The highest BCUT2D eigenvalue weighted by atomic mass is 16.6. The molecule has 1 unspecified atom stereocenters. The Labute approximate surface area is 410 Å². The molecule has 0 aromatic rings. The van der Waals surface area contributed by atoms with Gasteiger partial charge in [0.2, 0.25) is 0 Å². The van der Waals surface area contributed by atoms with Crippen molar-refractivity contribution in [3.05, 3.63) is 72.9 Å². The highest BCUT2D eigenvalue weighted by Crippen LogP contribution is 2.16. The van der Waals surface area contributed by atoms with Crippen LogP contribution in [0.2, 0.25) is 0 Å². The Hall–Kier alpha value is -2.66. The Kier molecular flexibility index (Phi) is 54.4. The van der Waals surface area contributed by atoms with Crippen LogP contribution in [0.4, 0.5) is 0 Å². The van der Waals surface area contributed by atoms with Crippen molar-refractivity contribution in [1.29, 1.82) is 0 Å². The van der Waals surface area contributed by atoms with Gasteiger partial charge in [0.1, 0.15) is 6.61 Å². The molecule has 0 radical (unpaired) electrons. The first-order chi connectivity index (χ1) is 32.6. The van der Waals surface area contributed by atoms with Crippen LogP contribution in [-0.4, -0.2) is 36.4 Å². The predicted molar refractivity (Wildman–Crippen MR) is 288 cm³/mol. The summed E-state index contributed by atoms with van der Waals surface area (Å²) in [5.74, 6) is -0.583. The SMILES string of the molecule is CC/C=C\C/C=C\C/C=C\C/C=C\C/C=C\CCCCCCCCCCCCCCCCCCCC(=O)OC(CO)COC(=O)CCCCCCCCCCC/C=C\CCCCCCCC. The second kappa shape index (κ2) is 56.7. The van der Waals surface area contributed by atoms with Crippen molar-refractivity contribution in [1.82, 2.24) is 0 Å². The normalized spacial score (nSPS) is 12.7. The van der Waals surface area contributed by atoms with Crippen molar-refractivity contribution in [2.45, 2.75) is 290 Å². The molecule has 0 fully saturated rings. The van der Waals surface area contributed by atoms with Gasteiger partial charge in [-0.05, 0) is 83.5 Å². The summed E-state index contributed by atoms with van der Waals surface area (Å²) in [5.41, 5.74) is 0. The molecule has 0 aliphatic rings. The molecule has 0 bridgehead atoms. The molecule has 0 aromatic carbocycles. The van der Waals surface area contributed by atoms with Crippen LogP contribution in [0.15, 0.2) is 72.9 Å². The molecule has 0 heterocycles. The predicted octanol–water partition coefficient (Wildman–Crippen LogP) is 19.2. The Balaban J connectivity index is 3.46. The number of esters is 2. The van der Waals surface area contributed by atoms with Gasteiger partial charge in [-0.25, -0.2) is 0 Å². The van der Waals surface area contributed by atoms with E-state index in [4.69, 9.17) is 9.47 Å². The number of hydrogen-bond donors (Lipinski definition) is 1. The highest BCUT2D eigenvalue weighted by Gasteiger charge is 2.16. The number of ether oxygens (including phenoxy) is 2. The molecular weight excluding hydrogens is 813 g/mol. The molecule has 0 amide bonds. The Morgan fingerprint density at radius 2 is 0.652 bits per heavy atom. The first-order valence-corrected chi connectivity index (χ1v) is 28.5. The summed E-state index contributed by atoms with van der Waals surface area (Å²) in [7, 11) is 0. The smallest absolute Gasteiger partial charge is 0.306 e. The maximum Gasteiger partial charge on any atom is 0.306 e. The maximum absolute atomic E-state index is 12.3. The lowest BCUT2D eigenvalue weighted by molar-refractivity contribution is -0.161. The van der Waals surface area contributed by atoms with Crippen LogP contribution in [0.1, 0.15) is 284 Å². The van der Waals surface area contributed by atoms with Gasteiger partial charge in [0.25, 0.3) is 0 Å². The molecule has 1 atom stereocenters. The Morgan fingerprint density at radius 3 is 1.00 bits per heavy atom. The molecule has 0 aliphatic heterocycles. The van der Waals surface area contributed by atoms with Gasteiger partial charge >= 0.3 is 11.9 Å². The van der Waals surface area contributed by atoms with Gasteiger partial charge in [0.05, 0.1) is 6.61 Å². The molecule has 5 nitrogen and oxygen atoms in total. The first-order valence-electron chi connectivity index (χ1n) is 28.5. The van der Waals surface area contributed by atoms with E-state index in [0.717, 1.165) is 70.6 Å². The van der Waals surface area contributed by atoms with Crippen LogP contribution in [0, 0.1) is 0 Å². The molecule has 1 N–H and O–H groups in total. The second-order valence-electron chi connectivity index (χ2n) is 19.0. The Bertz CT molecular complexity index is 1180. The van der Waals surface area contributed by atoms with Crippen LogP contribution < -0.4 is 0 Å². The average molecular weight is 922 g/mol. The van der Waals surface area contributed by atoms with E-state index in [1.807, 2.05) is 0 Å². The van der Waals surface area contributed by atoms with E-state index in [1.54, 1.807) is 0 Å². The van der Waals surface area contributed by atoms with Crippen LogP contribution in [-0.2, 0) is 19.1 Å². The van der Waals surface area contributed by atoms with E-state index in [-0.39, 0.29) is 25.2 Å². The fourth-order valence-electron chi connectivity index (χ4n) is 8.23. The molecule has 0 aliphatic carbocycles. The first kappa shape index (κ1) is 63.3.